The number of benzene rings is 2. The smallest absolute Gasteiger partial charge is 0.371 e. The molecule has 0 saturated heterocycles. The average Bonchev–Trinajstić information content (AvgIpc) is 2.28. The molecule has 0 aromatic heterocycles. The van der Waals surface area contributed by atoms with Gasteiger partial charge in [-0.2, -0.15) is 0 Å². The van der Waals surface area contributed by atoms with Crippen molar-refractivity contribution in [2.45, 2.75) is 6.04 Å². The third-order valence-electron chi connectivity index (χ3n) is 2.65. The van der Waals surface area contributed by atoms with Gasteiger partial charge in [-0.05, 0) is 10.8 Å². The van der Waals surface area contributed by atoms with Gasteiger partial charge in [-0.25, -0.2) is 0 Å². The van der Waals surface area contributed by atoms with Gasteiger partial charge in [0.15, 0.2) is 0 Å². The topological polar surface area (TPSA) is 40.5 Å². The van der Waals surface area contributed by atoms with Crippen LogP contribution in [-0.4, -0.2) is 18.2 Å². The molecule has 0 unspecified atom stereocenters. The number of rotatable bonds is 3. The highest BCUT2D eigenvalue weighted by Crippen LogP contribution is 2.15. The summed E-state index contributed by atoms with van der Waals surface area (Å²) in [5, 5.41) is 2.61. The molecule has 0 fully saturated rings. The summed E-state index contributed by atoms with van der Waals surface area (Å²) >= 11 is 0. The normalized spacial score (nSPS) is 11.6. The summed E-state index contributed by atoms with van der Waals surface area (Å²) in [5.74, 6) is 0. The van der Waals surface area contributed by atoms with Crippen LogP contribution in [0.1, 0.15) is 0 Å². The molecule has 0 bridgehead atoms. The van der Waals surface area contributed by atoms with Crippen LogP contribution >= 0.6 is 0 Å². The van der Waals surface area contributed by atoms with E-state index < -0.39 is 8.56 Å². The molecule has 0 aliphatic rings. The molecule has 0 aliphatic carbocycles. The molecule has 3 heteroatoms. The lowest BCUT2D eigenvalue weighted by molar-refractivity contribution is 0.386. The Hall–Kier alpha value is -1.42. The lowest BCUT2D eigenvalue weighted by Crippen LogP contribution is -2.48. The lowest BCUT2D eigenvalue weighted by atomic mass is 10.1. The molecule has 0 spiro atoms. The summed E-state index contributed by atoms with van der Waals surface area (Å²) in [7, 11) is -3.36. The Morgan fingerprint density at radius 2 is 1.75 bits per heavy atom. The van der Waals surface area contributed by atoms with E-state index in [2.05, 4.69) is 6.58 Å². The SMILES string of the molecule is C=CC[Si](O)(O)c1cccc2ccccc12. The van der Waals surface area contributed by atoms with Crippen LogP contribution in [0.2, 0.25) is 6.04 Å². The van der Waals surface area contributed by atoms with E-state index in [1.807, 2.05) is 36.4 Å². The molecule has 2 rings (SSSR count). The van der Waals surface area contributed by atoms with E-state index >= 15 is 0 Å². The van der Waals surface area contributed by atoms with Crippen LogP contribution in [0.25, 0.3) is 10.8 Å². The second-order valence-electron chi connectivity index (χ2n) is 3.84. The molecule has 2 aromatic rings. The Morgan fingerprint density at radius 1 is 1.06 bits per heavy atom. The Balaban J connectivity index is 2.64. The maximum absolute atomic E-state index is 10.1. The minimum absolute atomic E-state index is 0.251. The molecule has 2 N–H and O–H groups in total. The van der Waals surface area contributed by atoms with Crippen molar-refractivity contribution in [3.05, 3.63) is 55.1 Å². The van der Waals surface area contributed by atoms with E-state index in [9.17, 15) is 9.59 Å². The van der Waals surface area contributed by atoms with Crippen LogP contribution < -0.4 is 5.19 Å². The first-order valence-electron chi connectivity index (χ1n) is 5.19. The summed E-state index contributed by atoms with van der Waals surface area (Å²) in [6.07, 6.45) is 1.56. The summed E-state index contributed by atoms with van der Waals surface area (Å²) < 4.78 is 0. The number of hydrogen-bond donors (Lipinski definition) is 2. The Labute approximate surface area is 95.7 Å². The van der Waals surface area contributed by atoms with E-state index in [1.165, 1.54) is 0 Å². The van der Waals surface area contributed by atoms with Gasteiger partial charge in [0.25, 0.3) is 0 Å². The van der Waals surface area contributed by atoms with Gasteiger partial charge in [-0.15, -0.1) is 6.58 Å². The van der Waals surface area contributed by atoms with Gasteiger partial charge in [0.1, 0.15) is 0 Å². The molecule has 0 amide bonds. The molecule has 82 valence electrons. The van der Waals surface area contributed by atoms with Crippen molar-refractivity contribution in [3.63, 3.8) is 0 Å². The average molecular weight is 230 g/mol. The fraction of sp³-hybridized carbons (Fsp3) is 0.0769. The Morgan fingerprint density at radius 3 is 2.50 bits per heavy atom. The van der Waals surface area contributed by atoms with Crippen molar-refractivity contribution >= 4 is 24.5 Å². The third kappa shape index (κ3) is 1.93. The quantitative estimate of drug-likeness (QED) is 0.622. The zero-order valence-electron chi connectivity index (χ0n) is 8.93. The summed E-state index contributed by atoms with van der Waals surface area (Å²) in [6, 6.07) is 13.6. The molecular weight excluding hydrogens is 216 g/mol. The number of allylic oxidation sites excluding steroid dienone is 1. The van der Waals surface area contributed by atoms with Crippen molar-refractivity contribution < 1.29 is 9.59 Å². The number of fused-ring (bicyclic) bond motifs is 1. The Bertz CT molecular complexity index is 515. The highest BCUT2D eigenvalue weighted by Gasteiger charge is 2.31. The second kappa shape index (κ2) is 4.21. The maximum Gasteiger partial charge on any atom is 0.371 e. The molecule has 0 aliphatic heterocycles. The van der Waals surface area contributed by atoms with Gasteiger partial charge in [-0.3, -0.25) is 0 Å². The van der Waals surface area contributed by atoms with E-state index in [4.69, 9.17) is 0 Å². The summed E-state index contributed by atoms with van der Waals surface area (Å²) in [6.45, 7) is 3.57. The van der Waals surface area contributed by atoms with Gasteiger partial charge in [0.2, 0.25) is 0 Å². The zero-order chi connectivity index (χ0) is 11.6. The van der Waals surface area contributed by atoms with E-state index in [0.29, 0.717) is 5.19 Å². The van der Waals surface area contributed by atoms with E-state index in [1.54, 1.807) is 12.1 Å². The van der Waals surface area contributed by atoms with Gasteiger partial charge in [0.05, 0.1) is 0 Å². The Kier molecular flexibility index (Phi) is 2.92. The first kappa shape index (κ1) is 11.1. The number of hydrogen-bond acceptors (Lipinski definition) is 2. The van der Waals surface area contributed by atoms with Gasteiger partial charge in [-0.1, -0.05) is 48.5 Å². The van der Waals surface area contributed by atoms with Gasteiger partial charge >= 0.3 is 8.56 Å². The summed E-state index contributed by atoms with van der Waals surface area (Å²) in [5.41, 5.74) is 0. The van der Waals surface area contributed by atoms with Crippen molar-refractivity contribution in [3.8, 4) is 0 Å². The molecule has 2 aromatic carbocycles. The monoisotopic (exact) mass is 230 g/mol. The van der Waals surface area contributed by atoms with Gasteiger partial charge < -0.3 is 9.59 Å². The molecule has 0 heterocycles. The first-order valence-corrected chi connectivity index (χ1v) is 7.29. The highest BCUT2D eigenvalue weighted by atomic mass is 28.4. The van der Waals surface area contributed by atoms with E-state index in [-0.39, 0.29) is 6.04 Å². The molecule has 0 radical (unpaired) electrons. The van der Waals surface area contributed by atoms with Gasteiger partial charge in [0, 0.05) is 11.2 Å². The standard InChI is InChI=1S/C13H14O2Si/c1-2-10-16(14,15)13-9-5-7-11-6-3-4-8-12(11)13/h2-9,14-15H,1,10H2. The third-order valence-corrected chi connectivity index (χ3v) is 4.81. The largest absolute Gasteiger partial charge is 0.407 e. The minimum atomic E-state index is -3.36. The molecule has 2 nitrogen and oxygen atoms in total. The molecule has 0 atom stereocenters. The van der Waals surface area contributed by atoms with Crippen molar-refractivity contribution in [1.29, 1.82) is 0 Å². The fourth-order valence-electron chi connectivity index (χ4n) is 1.89. The zero-order valence-corrected chi connectivity index (χ0v) is 9.93. The van der Waals surface area contributed by atoms with Crippen LogP contribution in [0.15, 0.2) is 55.1 Å². The first-order chi connectivity index (χ1) is 7.65. The predicted octanol–water partition coefficient (Wildman–Crippen LogP) is 1.66. The van der Waals surface area contributed by atoms with E-state index in [0.717, 1.165) is 10.8 Å². The summed E-state index contributed by atoms with van der Waals surface area (Å²) in [4.78, 5) is 20.2. The molecule has 16 heavy (non-hydrogen) atoms. The molecular formula is C13H14O2Si. The van der Waals surface area contributed by atoms with Crippen LogP contribution in [0.3, 0.4) is 0 Å². The molecule has 0 saturated carbocycles. The minimum Gasteiger partial charge on any atom is -0.407 e. The maximum atomic E-state index is 10.1. The fourth-order valence-corrected chi connectivity index (χ4v) is 3.53. The van der Waals surface area contributed by atoms with Crippen molar-refractivity contribution in [2.75, 3.05) is 0 Å². The lowest BCUT2D eigenvalue weighted by Gasteiger charge is -2.18. The second-order valence-corrected chi connectivity index (χ2v) is 6.42. The van der Waals surface area contributed by atoms with Crippen molar-refractivity contribution in [2.24, 2.45) is 0 Å². The predicted molar refractivity (Wildman–Crippen MR) is 68.8 cm³/mol. The van der Waals surface area contributed by atoms with Crippen LogP contribution in [0.4, 0.5) is 0 Å². The van der Waals surface area contributed by atoms with Crippen LogP contribution in [-0.2, 0) is 0 Å². The highest BCUT2D eigenvalue weighted by molar-refractivity contribution is 6.81. The van der Waals surface area contributed by atoms with Crippen LogP contribution in [0, 0.1) is 0 Å². The van der Waals surface area contributed by atoms with Crippen molar-refractivity contribution in [1.82, 2.24) is 0 Å². The van der Waals surface area contributed by atoms with Crippen LogP contribution in [0.5, 0.6) is 0 Å².